The normalized spacial score (nSPS) is 15.0. The summed E-state index contributed by atoms with van der Waals surface area (Å²) in [6.07, 6.45) is 2.69. The van der Waals surface area contributed by atoms with E-state index in [2.05, 4.69) is 10.3 Å². The highest BCUT2D eigenvalue weighted by atomic mass is 16.6. The number of aliphatic hydroxyl groups excluding tert-OH is 1. The Kier molecular flexibility index (Phi) is 10.2. The number of carbonyl (C=O) groups is 3. The number of nitrogens with one attached hydrogen (secondary N) is 1. The van der Waals surface area contributed by atoms with Crippen LogP contribution in [0.15, 0.2) is 48.7 Å². The van der Waals surface area contributed by atoms with Crippen molar-refractivity contribution >= 4 is 17.9 Å². The zero-order chi connectivity index (χ0) is 27.7. The molecule has 0 bridgehead atoms. The maximum Gasteiger partial charge on any atom is 0.410 e. The predicted molar refractivity (Wildman–Crippen MR) is 144 cm³/mol. The molecule has 206 valence electrons. The molecule has 2 N–H and O–H groups in total. The van der Waals surface area contributed by atoms with E-state index >= 15 is 0 Å². The first-order valence-electron chi connectivity index (χ1n) is 13.2. The van der Waals surface area contributed by atoms with Crippen LogP contribution in [0.4, 0.5) is 4.79 Å². The molecule has 0 aliphatic carbocycles. The molecule has 9 heteroatoms. The van der Waals surface area contributed by atoms with Crippen LogP contribution >= 0.6 is 0 Å². The van der Waals surface area contributed by atoms with E-state index in [1.165, 1.54) is 4.90 Å². The van der Waals surface area contributed by atoms with E-state index in [-0.39, 0.29) is 31.4 Å². The van der Waals surface area contributed by atoms with Gasteiger partial charge in [-0.25, -0.2) is 4.79 Å². The number of amides is 3. The quantitative estimate of drug-likeness (QED) is 0.520. The number of likely N-dealkylation sites (tertiary alicyclic amines) is 1. The first-order valence-corrected chi connectivity index (χ1v) is 13.2. The van der Waals surface area contributed by atoms with E-state index in [0.29, 0.717) is 11.5 Å². The summed E-state index contributed by atoms with van der Waals surface area (Å²) >= 11 is 0. The topological polar surface area (TPSA) is 112 Å². The maximum atomic E-state index is 12.8. The second kappa shape index (κ2) is 13.4. The lowest BCUT2D eigenvalue weighted by Gasteiger charge is -2.31. The molecule has 2 aromatic rings. The van der Waals surface area contributed by atoms with Crippen LogP contribution in [0.5, 0.6) is 0 Å². The minimum Gasteiger partial charge on any atom is -0.444 e. The molecule has 0 saturated carbocycles. The molecule has 1 aliphatic rings. The zero-order valence-electron chi connectivity index (χ0n) is 22.9. The summed E-state index contributed by atoms with van der Waals surface area (Å²) in [5.41, 5.74) is 1.54. The van der Waals surface area contributed by atoms with Gasteiger partial charge in [0.15, 0.2) is 0 Å². The number of pyridine rings is 1. The molecule has 1 atom stereocenters. The molecule has 1 fully saturated rings. The van der Waals surface area contributed by atoms with Gasteiger partial charge >= 0.3 is 6.09 Å². The first-order chi connectivity index (χ1) is 18.0. The van der Waals surface area contributed by atoms with Crippen LogP contribution in [0.3, 0.4) is 0 Å². The second-order valence-electron chi connectivity index (χ2n) is 10.9. The van der Waals surface area contributed by atoms with Crippen LogP contribution < -0.4 is 5.32 Å². The minimum atomic E-state index is -0.983. The number of hydrogen-bond acceptors (Lipinski definition) is 6. The Labute approximate surface area is 225 Å². The summed E-state index contributed by atoms with van der Waals surface area (Å²) in [5, 5.41) is 13.4. The molecule has 1 aromatic carbocycles. The predicted octanol–water partition coefficient (Wildman–Crippen LogP) is 3.41. The highest BCUT2D eigenvalue weighted by Gasteiger charge is 2.25. The molecule has 1 aliphatic heterocycles. The van der Waals surface area contributed by atoms with E-state index in [0.717, 1.165) is 43.6 Å². The standard InChI is InChI=1S/C29H40N4O5/c1-21(34)32-14-11-22(12-15-32)16-25-17-24(10-13-30-25)27(36)31-18-26(35)20-33(28(37)38-29(2,3)4)19-23-8-6-5-7-9-23/h5-10,13,17,22,26,35H,11-12,14-16,18-20H2,1-4H3,(H,31,36)/t26-/m0/s1. The van der Waals surface area contributed by atoms with Crippen LogP contribution in [0.1, 0.15) is 62.2 Å². The molecule has 2 heterocycles. The van der Waals surface area contributed by atoms with Crippen molar-refractivity contribution in [1.29, 1.82) is 0 Å². The average molecular weight is 525 g/mol. The fourth-order valence-electron chi connectivity index (χ4n) is 4.44. The van der Waals surface area contributed by atoms with Gasteiger partial charge in [0.25, 0.3) is 5.91 Å². The lowest BCUT2D eigenvalue weighted by molar-refractivity contribution is -0.130. The number of carbonyl (C=O) groups excluding carboxylic acids is 3. The van der Waals surface area contributed by atoms with Gasteiger partial charge in [0.05, 0.1) is 12.6 Å². The molecule has 1 saturated heterocycles. The SMILES string of the molecule is CC(=O)N1CCC(Cc2cc(C(=O)NC[C@H](O)CN(Cc3ccccc3)C(=O)OC(C)(C)C)ccn2)CC1. The van der Waals surface area contributed by atoms with Gasteiger partial charge in [-0.1, -0.05) is 30.3 Å². The molecule has 38 heavy (non-hydrogen) atoms. The zero-order valence-corrected chi connectivity index (χ0v) is 22.9. The van der Waals surface area contributed by atoms with Crippen molar-refractivity contribution < 1.29 is 24.2 Å². The van der Waals surface area contributed by atoms with E-state index in [4.69, 9.17) is 4.74 Å². The lowest BCUT2D eigenvalue weighted by Crippen LogP contribution is -2.44. The molecule has 9 nitrogen and oxygen atoms in total. The summed E-state index contributed by atoms with van der Waals surface area (Å²) in [6.45, 7) is 8.74. The third-order valence-corrected chi connectivity index (χ3v) is 6.43. The highest BCUT2D eigenvalue weighted by Crippen LogP contribution is 2.21. The van der Waals surface area contributed by atoms with Gasteiger partial charge in [-0.3, -0.25) is 14.6 Å². The molecular formula is C29H40N4O5. The number of ether oxygens (including phenoxy) is 1. The number of nitrogens with zero attached hydrogens (tertiary/aromatic N) is 3. The van der Waals surface area contributed by atoms with Gasteiger partial charge in [0.1, 0.15) is 5.60 Å². The van der Waals surface area contributed by atoms with Gasteiger partial charge in [-0.15, -0.1) is 0 Å². The van der Waals surface area contributed by atoms with Crippen molar-refractivity contribution in [2.24, 2.45) is 5.92 Å². The Bertz CT molecular complexity index is 1080. The number of piperidine rings is 1. The van der Waals surface area contributed by atoms with Crippen LogP contribution in [-0.4, -0.2) is 75.7 Å². The minimum absolute atomic E-state index is 0.00461. The Morgan fingerprint density at radius 3 is 2.47 bits per heavy atom. The number of hydrogen-bond donors (Lipinski definition) is 2. The van der Waals surface area contributed by atoms with Gasteiger partial charge in [-0.05, 0) is 63.6 Å². The van der Waals surface area contributed by atoms with E-state index in [1.807, 2.05) is 35.2 Å². The fourth-order valence-corrected chi connectivity index (χ4v) is 4.44. The van der Waals surface area contributed by atoms with Crippen LogP contribution in [-0.2, 0) is 22.5 Å². The number of aliphatic hydroxyl groups is 1. The Morgan fingerprint density at radius 2 is 1.84 bits per heavy atom. The van der Waals surface area contributed by atoms with Crippen molar-refractivity contribution in [2.45, 2.75) is 65.2 Å². The van der Waals surface area contributed by atoms with Gasteiger partial charge in [-0.2, -0.15) is 0 Å². The van der Waals surface area contributed by atoms with Crippen molar-refractivity contribution in [3.05, 3.63) is 65.5 Å². The Balaban J connectivity index is 1.54. The van der Waals surface area contributed by atoms with E-state index in [1.54, 1.807) is 46.0 Å². The Hall–Kier alpha value is -3.46. The third kappa shape index (κ3) is 9.45. The van der Waals surface area contributed by atoms with Crippen molar-refractivity contribution in [3.63, 3.8) is 0 Å². The van der Waals surface area contributed by atoms with Crippen LogP contribution in [0, 0.1) is 5.92 Å². The highest BCUT2D eigenvalue weighted by molar-refractivity contribution is 5.94. The summed E-state index contributed by atoms with van der Waals surface area (Å²) < 4.78 is 5.52. The molecule has 0 spiro atoms. The van der Waals surface area contributed by atoms with Crippen LogP contribution in [0.2, 0.25) is 0 Å². The van der Waals surface area contributed by atoms with Crippen molar-refractivity contribution in [1.82, 2.24) is 20.1 Å². The summed E-state index contributed by atoms with van der Waals surface area (Å²) in [5.74, 6) is 0.212. The van der Waals surface area contributed by atoms with Gasteiger partial charge in [0, 0.05) is 50.6 Å². The number of rotatable bonds is 9. The van der Waals surface area contributed by atoms with Crippen molar-refractivity contribution in [3.8, 4) is 0 Å². The van der Waals surface area contributed by atoms with E-state index in [9.17, 15) is 19.5 Å². The number of benzene rings is 1. The first kappa shape index (κ1) is 29.1. The molecule has 3 amide bonds. The third-order valence-electron chi connectivity index (χ3n) is 6.43. The molecule has 1 aromatic heterocycles. The average Bonchev–Trinajstić information content (AvgIpc) is 2.87. The monoisotopic (exact) mass is 524 g/mol. The number of aromatic nitrogens is 1. The summed E-state index contributed by atoms with van der Waals surface area (Å²) in [6, 6.07) is 12.9. The lowest BCUT2D eigenvalue weighted by atomic mass is 9.91. The molecule has 3 rings (SSSR count). The van der Waals surface area contributed by atoms with Crippen molar-refractivity contribution in [2.75, 3.05) is 26.2 Å². The summed E-state index contributed by atoms with van der Waals surface area (Å²) in [7, 11) is 0. The van der Waals surface area contributed by atoms with E-state index < -0.39 is 17.8 Å². The Morgan fingerprint density at radius 1 is 1.16 bits per heavy atom. The maximum absolute atomic E-state index is 12.8. The van der Waals surface area contributed by atoms with Gasteiger partial charge in [0.2, 0.25) is 5.91 Å². The molecule has 0 radical (unpaired) electrons. The summed E-state index contributed by atoms with van der Waals surface area (Å²) in [4.78, 5) is 44.9. The smallest absolute Gasteiger partial charge is 0.410 e. The molecular weight excluding hydrogens is 484 g/mol. The largest absolute Gasteiger partial charge is 0.444 e. The van der Waals surface area contributed by atoms with Crippen LogP contribution in [0.25, 0.3) is 0 Å². The second-order valence-corrected chi connectivity index (χ2v) is 10.9. The van der Waals surface area contributed by atoms with Gasteiger partial charge < -0.3 is 25.0 Å². The molecule has 0 unspecified atom stereocenters. The fraction of sp³-hybridized carbons (Fsp3) is 0.517.